The van der Waals surface area contributed by atoms with Gasteiger partial charge in [-0.1, -0.05) is 12.8 Å². The van der Waals surface area contributed by atoms with Gasteiger partial charge in [-0.05, 0) is 38.6 Å². The van der Waals surface area contributed by atoms with E-state index in [4.69, 9.17) is 5.11 Å². The Morgan fingerprint density at radius 1 is 1.24 bits per heavy atom. The van der Waals surface area contributed by atoms with E-state index >= 15 is 0 Å². The highest BCUT2D eigenvalue weighted by Crippen LogP contribution is 2.25. The molecule has 1 saturated carbocycles. The van der Waals surface area contributed by atoms with Crippen molar-refractivity contribution in [2.45, 2.75) is 57.0 Å². The van der Waals surface area contributed by atoms with Gasteiger partial charge in [0.25, 0.3) is 0 Å². The molecule has 2 rings (SSSR count). The van der Waals surface area contributed by atoms with Crippen LogP contribution in [0.3, 0.4) is 0 Å². The van der Waals surface area contributed by atoms with Crippen molar-refractivity contribution < 1.29 is 9.90 Å². The van der Waals surface area contributed by atoms with E-state index in [0.29, 0.717) is 18.6 Å². The maximum atomic E-state index is 11.6. The van der Waals surface area contributed by atoms with E-state index in [2.05, 4.69) is 10.2 Å². The molecule has 2 N–H and O–H groups in total. The third kappa shape index (κ3) is 3.42. The molecule has 0 aromatic rings. The number of aliphatic hydroxyl groups excluding tert-OH is 1. The van der Waals surface area contributed by atoms with Crippen molar-refractivity contribution in [1.82, 2.24) is 10.2 Å². The molecule has 1 saturated heterocycles. The molecule has 1 aliphatic carbocycles. The van der Waals surface area contributed by atoms with Crippen LogP contribution in [0.2, 0.25) is 0 Å². The SMILES string of the molecule is O=C1CN(CCCCCO)C2CCCCC2N1. The van der Waals surface area contributed by atoms with Crippen LogP contribution < -0.4 is 5.32 Å². The Morgan fingerprint density at radius 2 is 2.06 bits per heavy atom. The van der Waals surface area contributed by atoms with Crippen molar-refractivity contribution in [1.29, 1.82) is 0 Å². The fourth-order valence-electron chi connectivity index (χ4n) is 3.12. The topological polar surface area (TPSA) is 52.6 Å². The van der Waals surface area contributed by atoms with E-state index in [1.54, 1.807) is 0 Å². The lowest BCUT2D eigenvalue weighted by molar-refractivity contribution is -0.128. The van der Waals surface area contributed by atoms with Crippen LogP contribution in [0.5, 0.6) is 0 Å². The molecule has 0 spiro atoms. The Kier molecular flexibility index (Phi) is 4.80. The average Bonchev–Trinajstić information content (AvgIpc) is 2.34. The van der Waals surface area contributed by atoms with Gasteiger partial charge in [0.05, 0.1) is 6.54 Å². The molecule has 17 heavy (non-hydrogen) atoms. The van der Waals surface area contributed by atoms with Crippen molar-refractivity contribution in [3.63, 3.8) is 0 Å². The first-order valence-electron chi connectivity index (χ1n) is 6.95. The second-order valence-electron chi connectivity index (χ2n) is 5.28. The summed E-state index contributed by atoms with van der Waals surface area (Å²) in [6.07, 6.45) is 7.95. The van der Waals surface area contributed by atoms with Gasteiger partial charge in [-0.15, -0.1) is 0 Å². The van der Waals surface area contributed by atoms with E-state index in [-0.39, 0.29) is 12.5 Å². The summed E-state index contributed by atoms with van der Waals surface area (Å²) < 4.78 is 0. The zero-order valence-corrected chi connectivity index (χ0v) is 10.5. The number of aliphatic hydroxyl groups is 1. The van der Waals surface area contributed by atoms with Crippen molar-refractivity contribution in [2.24, 2.45) is 0 Å². The van der Waals surface area contributed by atoms with E-state index in [0.717, 1.165) is 32.2 Å². The number of fused-ring (bicyclic) bond motifs is 1. The lowest BCUT2D eigenvalue weighted by atomic mass is 9.87. The molecule has 0 aromatic heterocycles. The highest BCUT2D eigenvalue weighted by Gasteiger charge is 2.35. The monoisotopic (exact) mass is 240 g/mol. The van der Waals surface area contributed by atoms with Gasteiger partial charge in [-0.25, -0.2) is 0 Å². The van der Waals surface area contributed by atoms with Gasteiger partial charge in [0.1, 0.15) is 0 Å². The Hall–Kier alpha value is -0.610. The molecule has 2 aliphatic rings. The molecule has 1 amide bonds. The van der Waals surface area contributed by atoms with Crippen LogP contribution in [-0.4, -0.2) is 47.7 Å². The molecule has 2 atom stereocenters. The predicted octanol–water partition coefficient (Wildman–Crippen LogP) is 0.892. The molecule has 98 valence electrons. The van der Waals surface area contributed by atoms with Gasteiger partial charge in [0.15, 0.2) is 0 Å². The highest BCUT2D eigenvalue weighted by molar-refractivity contribution is 5.79. The highest BCUT2D eigenvalue weighted by atomic mass is 16.2. The summed E-state index contributed by atoms with van der Waals surface area (Å²) in [6.45, 7) is 1.86. The standard InChI is InChI=1S/C13H24N2O2/c16-9-5-1-4-8-15-10-13(17)14-11-6-2-3-7-12(11)15/h11-12,16H,1-10H2,(H,14,17). The smallest absolute Gasteiger partial charge is 0.234 e. The number of nitrogens with zero attached hydrogens (tertiary/aromatic N) is 1. The number of carbonyl (C=O) groups excluding carboxylic acids is 1. The number of unbranched alkanes of at least 4 members (excludes halogenated alkanes) is 2. The quantitative estimate of drug-likeness (QED) is 0.702. The minimum absolute atomic E-state index is 0.190. The lowest BCUT2D eigenvalue weighted by Crippen LogP contribution is -2.61. The fraction of sp³-hybridized carbons (Fsp3) is 0.923. The summed E-state index contributed by atoms with van der Waals surface area (Å²) in [5.74, 6) is 0.190. The molecule has 4 heteroatoms. The van der Waals surface area contributed by atoms with Crippen LogP contribution in [0.4, 0.5) is 0 Å². The Balaban J connectivity index is 1.82. The van der Waals surface area contributed by atoms with Crippen LogP contribution in [-0.2, 0) is 4.79 Å². The number of carbonyl (C=O) groups is 1. The van der Waals surface area contributed by atoms with Crippen LogP contribution in [0.15, 0.2) is 0 Å². The lowest BCUT2D eigenvalue weighted by Gasteiger charge is -2.44. The van der Waals surface area contributed by atoms with Gasteiger partial charge in [-0.2, -0.15) is 0 Å². The molecule has 1 aliphatic heterocycles. The Morgan fingerprint density at radius 3 is 2.88 bits per heavy atom. The summed E-state index contributed by atoms with van der Waals surface area (Å²) >= 11 is 0. The number of nitrogens with one attached hydrogen (secondary N) is 1. The second kappa shape index (κ2) is 6.36. The first kappa shape index (κ1) is 12.8. The maximum absolute atomic E-state index is 11.6. The van der Waals surface area contributed by atoms with Crippen molar-refractivity contribution in [3.05, 3.63) is 0 Å². The molecule has 0 radical (unpaired) electrons. The number of hydrogen-bond acceptors (Lipinski definition) is 3. The first-order chi connectivity index (χ1) is 8.31. The Labute approximate surface area is 103 Å². The van der Waals surface area contributed by atoms with Crippen LogP contribution in [0.25, 0.3) is 0 Å². The normalized spacial score (nSPS) is 29.8. The molecule has 0 aromatic carbocycles. The van der Waals surface area contributed by atoms with E-state index in [1.807, 2.05) is 0 Å². The largest absolute Gasteiger partial charge is 0.396 e. The van der Waals surface area contributed by atoms with Crippen molar-refractivity contribution >= 4 is 5.91 Å². The summed E-state index contributed by atoms with van der Waals surface area (Å²) in [7, 11) is 0. The summed E-state index contributed by atoms with van der Waals surface area (Å²) in [6, 6.07) is 0.957. The first-order valence-corrected chi connectivity index (χ1v) is 6.95. The average molecular weight is 240 g/mol. The predicted molar refractivity (Wildman–Crippen MR) is 66.7 cm³/mol. The molecule has 2 fully saturated rings. The van der Waals surface area contributed by atoms with E-state index in [9.17, 15) is 4.79 Å². The molecule has 1 heterocycles. The van der Waals surface area contributed by atoms with Gasteiger partial charge in [-0.3, -0.25) is 9.69 Å². The van der Waals surface area contributed by atoms with Gasteiger partial charge in [0.2, 0.25) is 5.91 Å². The van der Waals surface area contributed by atoms with Gasteiger partial charge in [0, 0.05) is 18.7 Å². The number of piperazine rings is 1. The molecular formula is C13H24N2O2. The molecule has 4 nitrogen and oxygen atoms in total. The van der Waals surface area contributed by atoms with Gasteiger partial charge < -0.3 is 10.4 Å². The van der Waals surface area contributed by atoms with E-state index in [1.165, 1.54) is 19.3 Å². The minimum Gasteiger partial charge on any atom is -0.396 e. The summed E-state index contributed by atoms with van der Waals surface area (Å²) in [4.78, 5) is 14.0. The third-order valence-corrected chi connectivity index (χ3v) is 4.00. The fourth-order valence-corrected chi connectivity index (χ4v) is 3.12. The third-order valence-electron chi connectivity index (χ3n) is 4.00. The van der Waals surface area contributed by atoms with E-state index < -0.39 is 0 Å². The summed E-state index contributed by atoms with van der Waals surface area (Å²) in [5.41, 5.74) is 0. The van der Waals surface area contributed by atoms with Crippen molar-refractivity contribution in [2.75, 3.05) is 19.7 Å². The number of amides is 1. The zero-order chi connectivity index (χ0) is 12.1. The molecular weight excluding hydrogens is 216 g/mol. The van der Waals surface area contributed by atoms with Crippen LogP contribution in [0, 0.1) is 0 Å². The molecule has 0 bridgehead atoms. The zero-order valence-electron chi connectivity index (χ0n) is 10.5. The second-order valence-corrected chi connectivity index (χ2v) is 5.28. The van der Waals surface area contributed by atoms with Crippen molar-refractivity contribution in [3.8, 4) is 0 Å². The summed E-state index contributed by atoms with van der Waals surface area (Å²) in [5, 5.41) is 11.9. The minimum atomic E-state index is 0.190. The molecule has 2 unspecified atom stereocenters. The van der Waals surface area contributed by atoms with Crippen LogP contribution in [0.1, 0.15) is 44.9 Å². The van der Waals surface area contributed by atoms with Gasteiger partial charge >= 0.3 is 0 Å². The van der Waals surface area contributed by atoms with Crippen LogP contribution >= 0.6 is 0 Å². The maximum Gasteiger partial charge on any atom is 0.234 e. The Bertz CT molecular complexity index is 258. The number of rotatable bonds is 5. The number of hydrogen-bond donors (Lipinski definition) is 2.